The highest BCUT2D eigenvalue weighted by Gasteiger charge is 2.30. The molecule has 1 N–H and O–H groups in total. The van der Waals surface area contributed by atoms with Crippen molar-refractivity contribution in [3.63, 3.8) is 0 Å². The van der Waals surface area contributed by atoms with E-state index >= 15 is 0 Å². The maximum absolute atomic E-state index is 13.0. The number of rotatable bonds is 5. The van der Waals surface area contributed by atoms with Crippen molar-refractivity contribution in [2.45, 2.75) is 12.8 Å². The summed E-state index contributed by atoms with van der Waals surface area (Å²) in [7, 11) is 1.63. The van der Waals surface area contributed by atoms with Gasteiger partial charge in [0.1, 0.15) is 11.2 Å². The van der Waals surface area contributed by atoms with Crippen molar-refractivity contribution < 1.29 is 17.9 Å². The highest BCUT2D eigenvalue weighted by atomic mass is 19.4. The second kappa shape index (κ2) is 8.08. The first-order chi connectivity index (χ1) is 14.5. The number of benzene rings is 2. The molecule has 30 heavy (non-hydrogen) atoms. The molecule has 4 rings (SSSR count). The van der Waals surface area contributed by atoms with Gasteiger partial charge in [0, 0.05) is 29.9 Å². The lowest BCUT2D eigenvalue weighted by Gasteiger charge is -2.12. The Balaban J connectivity index is 1.73. The number of anilines is 2. The van der Waals surface area contributed by atoms with Gasteiger partial charge in [-0.25, -0.2) is 0 Å². The molecule has 0 saturated heterocycles. The van der Waals surface area contributed by atoms with E-state index in [0.29, 0.717) is 29.0 Å². The molecule has 0 fully saturated rings. The molecule has 0 atom stereocenters. The van der Waals surface area contributed by atoms with Crippen LogP contribution < -0.4 is 5.32 Å². The van der Waals surface area contributed by atoms with E-state index in [0.717, 1.165) is 23.3 Å². The molecule has 0 aliphatic carbocycles. The zero-order chi connectivity index (χ0) is 21.1. The quantitative estimate of drug-likeness (QED) is 0.464. The van der Waals surface area contributed by atoms with E-state index < -0.39 is 11.7 Å². The van der Waals surface area contributed by atoms with Gasteiger partial charge in [0.25, 0.3) is 0 Å². The number of methoxy groups -OCH3 is 1. The molecule has 2 aromatic heterocycles. The molecule has 0 radical (unpaired) electrons. The summed E-state index contributed by atoms with van der Waals surface area (Å²) in [6.45, 7) is 0.505. The maximum atomic E-state index is 13.0. The summed E-state index contributed by atoms with van der Waals surface area (Å²) in [5.41, 5.74) is 2.56. The summed E-state index contributed by atoms with van der Waals surface area (Å²) in [4.78, 5) is 4.43. The molecule has 152 valence electrons. The Morgan fingerprint density at radius 1 is 0.967 bits per heavy atom. The Morgan fingerprint density at radius 2 is 1.77 bits per heavy atom. The molecule has 0 unspecified atom stereocenters. The number of hydrogen-bond acceptors (Lipinski definition) is 5. The number of alkyl halides is 3. The summed E-state index contributed by atoms with van der Waals surface area (Å²) in [6, 6.07) is 16.2. The topological polar surface area (TPSA) is 59.9 Å². The Bertz CT molecular complexity index is 1180. The van der Waals surface area contributed by atoms with Crippen LogP contribution in [0.4, 0.5) is 24.7 Å². The first-order valence-electron chi connectivity index (χ1n) is 9.09. The van der Waals surface area contributed by atoms with Gasteiger partial charge in [-0.15, -0.1) is 10.2 Å². The predicted octanol–water partition coefficient (Wildman–Crippen LogP) is 5.60. The van der Waals surface area contributed by atoms with E-state index in [-0.39, 0.29) is 5.69 Å². The lowest BCUT2D eigenvalue weighted by molar-refractivity contribution is -0.137. The van der Waals surface area contributed by atoms with E-state index in [1.165, 1.54) is 6.07 Å². The van der Waals surface area contributed by atoms with Crippen molar-refractivity contribution in [1.82, 2.24) is 15.2 Å². The highest BCUT2D eigenvalue weighted by molar-refractivity contribution is 5.98. The molecule has 2 heterocycles. The van der Waals surface area contributed by atoms with Crippen LogP contribution in [0, 0.1) is 0 Å². The number of pyridine rings is 1. The summed E-state index contributed by atoms with van der Waals surface area (Å²) in [5.74, 6) is 0.331. The first kappa shape index (κ1) is 19.8. The van der Waals surface area contributed by atoms with E-state index in [4.69, 9.17) is 4.74 Å². The van der Waals surface area contributed by atoms with E-state index in [2.05, 4.69) is 20.5 Å². The Hall–Kier alpha value is -3.52. The van der Waals surface area contributed by atoms with Gasteiger partial charge in [0.15, 0.2) is 5.82 Å². The van der Waals surface area contributed by atoms with Crippen LogP contribution in [-0.4, -0.2) is 22.3 Å². The minimum absolute atomic E-state index is 0.265. The van der Waals surface area contributed by atoms with Crippen molar-refractivity contribution in [3.8, 4) is 11.3 Å². The van der Waals surface area contributed by atoms with Crippen molar-refractivity contribution in [1.29, 1.82) is 0 Å². The molecular weight excluding hydrogens is 393 g/mol. The number of hydrogen-bond donors (Lipinski definition) is 1. The van der Waals surface area contributed by atoms with Crippen LogP contribution in [0.2, 0.25) is 0 Å². The number of nitrogens with one attached hydrogen (secondary N) is 1. The third-order valence-corrected chi connectivity index (χ3v) is 4.53. The molecule has 0 spiro atoms. The van der Waals surface area contributed by atoms with Crippen molar-refractivity contribution >= 4 is 22.4 Å². The standard InChI is InChI=1S/C22H17F3N4O/c1-30-13-14-7-9-15(10-8-14)19-20-18(6-3-11-26-20)21(29-28-19)27-17-5-2-4-16(12-17)22(23,24)25/h2-12H,13H2,1H3,(H,27,29). The third-order valence-electron chi connectivity index (χ3n) is 4.53. The SMILES string of the molecule is COCc1ccc(-c2nnc(Nc3cccc(C(F)(F)F)c3)c3cccnc23)cc1. The maximum Gasteiger partial charge on any atom is 0.416 e. The number of nitrogens with zero attached hydrogens (tertiary/aromatic N) is 3. The number of aromatic nitrogens is 3. The summed E-state index contributed by atoms with van der Waals surface area (Å²) >= 11 is 0. The Kier molecular flexibility index (Phi) is 5.33. The third kappa shape index (κ3) is 4.08. The molecule has 0 aliphatic heterocycles. The fraction of sp³-hybridized carbons (Fsp3) is 0.136. The highest BCUT2D eigenvalue weighted by Crippen LogP contribution is 2.33. The number of fused-ring (bicyclic) bond motifs is 1. The molecule has 4 aromatic rings. The zero-order valence-electron chi connectivity index (χ0n) is 15.9. The molecular formula is C22H17F3N4O. The van der Waals surface area contributed by atoms with Gasteiger partial charge in [-0.1, -0.05) is 30.3 Å². The fourth-order valence-corrected chi connectivity index (χ4v) is 3.11. The van der Waals surface area contributed by atoms with E-state index in [1.807, 2.05) is 24.3 Å². The summed E-state index contributed by atoms with van der Waals surface area (Å²) in [6.07, 6.45) is -2.79. The van der Waals surface area contributed by atoms with Crippen molar-refractivity contribution in [2.75, 3.05) is 12.4 Å². The van der Waals surface area contributed by atoms with Gasteiger partial charge < -0.3 is 10.1 Å². The predicted molar refractivity (Wildman–Crippen MR) is 108 cm³/mol. The van der Waals surface area contributed by atoms with Crippen molar-refractivity contribution in [2.24, 2.45) is 0 Å². The molecule has 0 saturated carbocycles. The number of halogens is 3. The lowest BCUT2D eigenvalue weighted by atomic mass is 10.1. The van der Waals surface area contributed by atoms with Gasteiger partial charge in [0.2, 0.25) is 0 Å². The monoisotopic (exact) mass is 410 g/mol. The Labute approximate surface area is 170 Å². The number of ether oxygens (including phenoxy) is 1. The van der Waals surface area contributed by atoms with Crippen LogP contribution in [0.25, 0.3) is 22.2 Å². The molecule has 2 aromatic carbocycles. The van der Waals surface area contributed by atoms with Crippen LogP contribution in [0.15, 0.2) is 66.9 Å². The Morgan fingerprint density at radius 3 is 2.50 bits per heavy atom. The zero-order valence-corrected chi connectivity index (χ0v) is 15.9. The minimum Gasteiger partial charge on any atom is -0.380 e. The van der Waals surface area contributed by atoms with E-state index in [9.17, 15) is 13.2 Å². The average Bonchev–Trinajstić information content (AvgIpc) is 2.75. The van der Waals surface area contributed by atoms with Gasteiger partial charge in [-0.3, -0.25) is 4.98 Å². The smallest absolute Gasteiger partial charge is 0.380 e. The van der Waals surface area contributed by atoms with Crippen LogP contribution in [-0.2, 0) is 17.5 Å². The molecule has 8 heteroatoms. The summed E-state index contributed by atoms with van der Waals surface area (Å²) < 4.78 is 44.1. The van der Waals surface area contributed by atoms with Gasteiger partial charge in [-0.2, -0.15) is 13.2 Å². The van der Waals surface area contributed by atoms with Gasteiger partial charge in [0.05, 0.1) is 12.2 Å². The normalized spacial score (nSPS) is 11.6. The largest absolute Gasteiger partial charge is 0.416 e. The molecule has 5 nitrogen and oxygen atoms in total. The molecule has 0 amide bonds. The van der Waals surface area contributed by atoms with Crippen LogP contribution in [0.3, 0.4) is 0 Å². The lowest BCUT2D eigenvalue weighted by Crippen LogP contribution is -2.06. The molecule has 0 bridgehead atoms. The van der Waals surface area contributed by atoms with Gasteiger partial charge in [-0.05, 0) is 35.9 Å². The van der Waals surface area contributed by atoms with Crippen LogP contribution in [0.1, 0.15) is 11.1 Å². The average molecular weight is 410 g/mol. The van der Waals surface area contributed by atoms with E-state index in [1.54, 1.807) is 31.5 Å². The van der Waals surface area contributed by atoms with Crippen LogP contribution >= 0.6 is 0 Å². The summed E-state index contributed by atoms with van der Waals surface area (Å²) in [5, 5.41) is 12.1. The second-order valence-corrected chi connectivity index (χ2v) is 6.63. The minimum atomic E-state index is -4.42. The van der Waals surface area contributed by atoms with Crippen LogP contribution in [0.5, 0.6) is 0 Å². The van der Waals surface area contributed by atoms with Gasteiger partial charge >= 0.3 is 6.18 Å². The van der Waals surface area contributed by atoms with Crippen molar-refractivity contribution in [3.05, 3.63) is 78.0 Å². The fourth-order valence-electron chi connectivity index (χ4n) is 3.11. The first-order valence-corrected chi connectivity index (χ1v) is 9.09. The second-order valence-electron chi connectivity index (χ2n) is 6.63. The molecule has 0 aliphatic rings.